The van der Waals surface area contributed by atoms with Crippen LogP contribution in [0, 0.1) is 0 Å². The second-order valence-electron chi connectivity index (χ2n) is 5.44. The second-order valence-corrected chi connectivity index (χ2v) is 5.85. The number of halogens is 1. The van der Waals surface area contributed by atoms with E-state index < -0.39 is 5.60 Å². The molecule has 1 aromatic rings. The van der Waals surface area contributed by atoms with Crippen LogP contribution in [-0.2, 0) is 6.42 Å². The van der Waals surface area contributed by atoms with Gasteiger partial charge in [0.15, 0.2) is 0 Å². The topological polar surface area (TPSA) is 23.5 Å². The van der Waals surface area contributed by atoms with Crippen LogP contribution in [0.4, 0.5) is 0 Å². The summed E-state index contributed by atoms with van der Waals surface area (Å²) < 4.78 is 0. The number of β-amino-alcohol motifs (C(OH)–C–C–N with tert-alkyl or cyclic N) is 1. The number of hydrogen-bond donors (Lipinski definition) is 1. The highest BCUT2D eigenvalue weighted by Gasteiger charge is 2.42. The van der Waals surface area contributed by atoms with Crippen molar-refractivity contribution in [2.45, 2.75) is 37.3 Å². The average molecular weight is 252 g/mol. The molecule has 1 saturated carbocycles. The molecule has 1 saturated heterocycles. The Morgan fingerprint density at radius 2 is 2.12 bits per heavy atom. The Kier molecular flexibility index (Phi) is 2.89. The van der Waals surface area contributed by atoms with Crippen LogP contribution in [-0.4, -0.2) is 34.7 Å². The van der Waals surface area contributed by atoms with Crippen molar-refractivity contribution in [3.05, 3.63) is 34.9 Å². The summed E-state index contributed by atoms with van der Waals surface area (Å²) in [5.74, 6) is 0. The van der Waals surface area contributed by atoms with Crippen molar-refractivity contribution < 1.29 is 5.11 Å². The van der Waals surface area contributed by atoms with Gasteiger partial charge in [-0.25, -0.2) is 0 Å². The van der Waals surface area contributed by atoms with Gasteiger partial charge in [-0.3, -0.25) is 4.90 Å². The lowest BCUT2D eigenvalue weighted by Gasteiger charge is -2.24. The number of nitrogens with zero attached hydrogens (tertiary/aromatic N) is 1. The highest BCUT2D eigenvalue weighted by molar-refractivity contribution is 6.31. The van der Waals surface area contributed by atoms with Gasteiger partial charge in [-0.1, -0.05) is 29.8 Å². The van der Waals surface area contributed by atoms with Crippen LogP contribution in [0.3, 0.4) is 0 Å². The lowest BCUT2D eigenvalue weighted by molar-refractivity contribution is 0.0487. The smallest absolute Gasteiger partial charge is 0.0827 e. The Morgan fingerprint density at radius 3 is 2.82 bits per heavy atom. The molecule has 0 amide bonds. The second kappa shape index (κ2) is 4.27. The summed E-state index contributed by atoms with van der Waals surface area (Å²) >= 11 is 6.15. The molecule has 1 heterocycles. The van der Waals surface area contributed by atoms with Crippen molar-refractivity contribution >= 4 is 11.6 Å². The van der Waals surface area contributed by atoms with E-state index in [0.717, 1.165) is 36.1 Å². The molecule has 2 fully saturated rings. The fourth-order valence-corrected chi connectivity index (χ4v) is 2.98. The van der Waals surface area contributed by atoms with E-state index in [1.807, 2.05) is 24.3 Å². The fourth-order valence-electron chi connectivity index (χ4n) is 2.78. The number of aliphatic hydroxyl groups is 1. The first-order valence-electron chi connectivity index (χ1n) is 6.36. The van der Waals surface area contributed by atoms with Crippen molar-refractivity contribution in [3.63, 3.8) is 0 Å². The van der Waals surface area contributed by atoms with Crippen LogP contribution in [0.5, 0.6) is 0 Å². The van der Waals surface area contributed by atoms with Crippen LogP contribution < -0.4 is 0 Å². The highest BCUT2D eigenvalue weighted by atomic mass is 35.5. The number of likely N-dealkylation sites (tertiary alicyclic amines) is 1. The molecule has 0 spiro atoms. The molecule has 17 heavy (non-hydrogen) atoms. The monoisotopic (exact) mass is 251 g/mol. The third kappa shape index (κ3) is 2.49. The van der Waals surface area contributed by atoms with Gasteiger partial charge in [-0.15, -0.1) is 0 Å². The molecule has 2 nitrogen and oxygen atoms in total. The highest BCUT2D eigenvalue weighted by Crippen LogP contribution is 2.35. The van der Waals surface area contributed by atoms with Gasteiger partial charge in [-0.05, 0) is 30.9 Å². The lowest BCUT2D eigenvalue weighted by atomic mass is 9.94. The molecule has 3 rings (SSSR count). The first-order valence-corrected chi connectivity index (χ1v) is 6.74. The van der Waals surface area contributed by atoms with Gasteiger partial charge >= 0.3 is 0 Å². The molecule has 2 aliphatic rings. The van der Waals surface area contributed by atoms with Crippen molar-refractivity contribution in [1.29, 1.82) is 0 Å². The van der Waals surface area contributed by atoms with E-state index in [-0.39, 0.29) is 0 Å². The minimum absolute atomic E-state index is 0.576. The molecular formula is C14H18ClNO. The molecule has 1 atom stereocenters. The van der Waals surface area contributed by atoms with Gasteiger partial charge in [0.2, 0.25) is 0 Å². The molecule has 0 aromatic heterocycles. The SMILES string of the molecule is OC1(Cc2ccccc2Cl)CCN(C2CC2)C1. The molecule has 1 N–H and O–H groups in total. The van der Waals surface area contributed by atoms with E-state index in [1.54, 1.807) is 0 Å². The lowest BCUT2D eigenvalue weighted by Crippen LogP contribution is -2.36. The van der Waals surface area contributed by atoms with Crippen molar-refractivity contribution in [2.75, 3.05) is 13.1 Å². The Balaban J connectivity index is 1.70. The number of benzene rings is 1. The summed E-state index contributed by atoms with van der Waals surface area (Å²) in [5, 5.41) is 11.4. The third-order valence-electron chi connectivity index (χ3n) is 3.90. The summed E-state index contributed by atoms with van der Waals surface area (Å²) in [5.41, 5.74) is 0.488. The maximum absolute atomic E-state index is 10.6. The van der Waals surface area contributed by atoms with Crippen LogP contribution in [0.15, 0.2) is 24.3 Å². The van der Waals surface area contributed by atoms with Gasteiger partial charge in [0.1, 0.15) is 0 Å². The molecule has 1 aliphatic carbocycles. The Bertz CT molecular complexity index is 418. The quantitative estimate of drug-likeness (QED) is 0.892. The van der Waals surface area contributed by atoms with E-state index in [1.165, 1.54) is 12.8 Å². The average Bonchev–Trinajstić information content (AvgIpc) is 3.07. The molecule has 1 aromatic carbocycles. The maximum atomic E-state index is 10.6. The predicted molar refractivity (Wildman–Crippen MR) is 69.3 cm³/mol. The minimum atomic E-state index is -0.576. The predicted octanol–water partition coefficient (Wildman–Crippen LogP) is 2.48. The molecule has 1 unspecified atom stereocenters. The summed E-state index contributed by atoms with van der Waals surface area (Å²) in [6.45, 7) is 1.84. The van der Waals surface area contributed by atoms with Gasteiger partial charge in [0, 0.05) is 30.6 Å². The van der Waals surface area contributed by atoms with Gasteiger partial charge < -0.3 is 5.11 Å². The van der Waals surface area contributed by atoms with Crippen LogP contribution in [0.1, 0.15) is 24.8 Å². The molecule has 1 aliphatic heterocycles. The summed E-state index contributed by atoms with van der Waals surface area (Å²) in [6, 6.07) is 8.57. The van der Waals surface area contributed by atoms with Crippen molar-refractivity contribution in [1.82, 2.24) is 4.90 Å². The van der Waals surface area contributed by atoms with Crippen molar-refractivity contribution in [3.8, 4) is 0 Å². The summed E-state index contributed by atoms with van der Waals surface area (Å²) in [6.07, 6.45) is 4.16. The molecule has 92 valence electrons. The first-order chi connectivity index (χ1) is 8.16. The van der Waals surface area contributed by atoms with Crippen LogP contribution in [0.25, 0.3) is 0 Å². The van der Waals surface area contributed by atoms with E-state index >= 15 is 0 Å². The van der Waals surface area contributed by atoms with E-state index in [9.17, 15) is 5.11 Å². The Hall–Kier alpha value is -0.570. The fraction of sp³-hybridized carbons (Fsp3) is 0.571. The van der Waals surface area contributed by atoms with Gasteiger partial charge in [0.25, 0.3) is 0 Å². The number of rotatable bonds is 3. The molecular weight excluding hydrogens is 234 g/mol. The number of hydrogen-bond acceptors (Lipinski definition) is 2. The summed E-state index contributed by atoms with van der Waals surface area (Å²) in [4.78, 5) is 2.43. The molecule has 0 radical (unpaired) electrons. The zero-order chi connectivity index (χ0) is 11.9. The third-order valence-corrected chi connectivity index (χ3v) is 4.27. The zero-order valence-electron chi connectivity index (χ0n) is 9.90. The van der Waals surface area contributed by atoms with Gasteiger partial charge in [0.05, 0.1) is 5.60 Å². The van der Waals surface area contributed by atoms with Crippen molar-refractivity contribution in [2.24, 2.45) is 0 Å². The molecule has 3 heteroatoms. The largest absolute Gasteiger partial charge is 0.388 e. The Labute approximate surface area is 107 Å². The van der Waals surface area contributed by atoms with E-state index in [4.69, 9.17) is 11.6 Å². The Morgan fingerprint density at radius 1 is 1.35 bits per heavy atom. The van der Waals surface area contributed by atoms with Crippen LogP contribution >= 0.6 is 11.6 Å². The van der Waals surface area contributed by atoms with Gasteiger partial charge in [-0.2, -0.15) is 0 Å². The normalized spacial score (nSPS) is 29.8. The minimum Gasteiger partial charge on any atom is -0.388 e. The van der Waals surface area contributed by atoms with Crippen LogP contribution in [0.2, 0.25) is 5.02 Å². The summed E-state index contributed by atoms with van der Waals surface area (Å²) in [7, 11) is 0. The maximum Gasteiger partial charge on any atom is 0.0827 e. The standard InChI is InChI=1S/C14H18ClNO/c15-13-4-2-1-3-11(13)9-14(17)7-8-16(10-14)12-5-6-12/h1-4,12,17H,5-10H2. The zero-order valence-corrected chi connectivity index (χ0v) is 10.7. The van der Waals surface area contributed by atoms with E-state index in [2.05, 4.69) is 4.90 Å². The van der Waals surface area contributed by atoms with E-state index in [0.29, 0.717) is 6.42 Å². The first kappa shape index (κ1) is 11.5. The molecule has 0 bridgehead atoms.